The van der Waals surface area contributed by atoms with Crippen LogP contribution in [0.3, 0.4) is 0 Å². The van der Waals surface area contributed by atoms with Gasteiger partial charge in [0.15, 0.2) is 0 Å². The number of rotatable bonds is 6. The average Bonchev–Trinajstić information content (AvgIpc) is 2.57. The Kier molecular flexibility index (Phi) is 6.57. The number of ether oxygens (including phenoxy) is 1. The number of anilines is 1. The first-order valence-electron chi connectivity index (χ1n) is 6.93. The number of nitrogens with one attached hydrogen (secondary N) is 1. The van der Waals surface area contributed by atoms with Crippen molar-refractivity contribution < 1.29 is 9.53 Å². The second-order valence-electron chi connectivity index (χ2n) is 4.69. The Morgan fingerprint density at radius 1 is 1.33 bits per heavy atom. The van der Waals surface area contributed by atoms with Crippen LogP contribution in [0.4, 0.5) is 5.69 Å². The number of carbonyl (C=O) groups is 1. The van der Waals surface area contributed by atoms with Crippen LogP contribution in [0, 0.1) is 0 Å². The van der Waals surface area contributed by atoms with Gasteiger partial charge in [-0.3, -0.25) is 4.79 Å². The van der Waals surface area contributed by atoms with Crippen LogP contribution in [-0.4, -0.2) is 18.7 Å². The highest BCUT2D eigenvalue weighted by Crippen LogP contribution is 2.28. The summed E-state index contributed by atoms with van der Waals surface area (Å²) in [4.78, 5) is 12.2. The van der Waals surface area contributed by atoms with Gasteiger partial charge in [-0.15, -0.1) is 0 Å². The number of benzene rings is 2. The van der Waals surface area contributed by atoms with Gasteiger partial charge in [0.25, 0.3) is 5.91 Å². The predicted octanol–water partition coefficient (Wildman–Crippen LogP) is 4.12. The number of nitrogens with two attached hydrogens (primary N) is 1. The molecule has 0 atom stereocenters. The van der Waals surface area contributed by atoms with Gasteiger partial charge < -0.3 is 10.5 Å². The largest absolute Gasteiger partial charge is 0.489 e. The van der Waals surface area contributed by atoms with Crippen LogP contribution in [0.5, 0.6) is 5.75 Å². The Bertz CT molecular complexity index is 791. The second kappa shape index (κ2) is 8.65. The molecule has 0 fully saturated rings. The number of nitrogen functional groups attached to an aromatic ring is 1. The third-order valence-corrected chi connectivity index (χ3v) is 4.10. The normalized spacial score (nSPS) is 10.6. The Morgan fingerprint density at radius 3 is 2.83 bits per heavy atom. The summed E-state index contributed by atoms with van der Waals surface area (Å²) in [5.41, 5.74) is 9.77. The van der Waals surface area contributed by atoms with Gasteiger partial charge >= 0.3 is 0 Å². The molecule has 0 spiro atoms. The zero-order valence-corrected chi connectivity index (χ0v) is 15.8. The summed E-state index contributed by atoms with van der Waals surface area (Å²) < 4.78 is 6.90. The van der Waals surface area contributed by atoms with Crippen molar-refractivity contribution in [3.05, 3.63) is 69.1 Å². The quantitative estimate of drug-likeness (QED) is 0.299. The van der Waals surface area contributed by atoms with Crippen molar-refractivity contribution in [1.82, 2.24) is 5.43 Å². The lowest BCUT2D eigenvalue weighted by Gasteiger charge is -2.08. The van der Waals surface area contributed by atoms with Gasteiger partial charge in [0.05, 0.1) is 17.5 Å². The Balaban J connectivity index is 2.12. The van der Waals surface area contributed by atoms with E-state index in [9.17, 15) is 4.79 Å². The monoisotopic (exact) mass is 451 g/mol. The topological polar surface area (TPSA) is 76.7 Å². The lowest BCUT2D eigenvalue weighted by Crippen LogP contribution is -2.19. The number of para-hydroxylation sites is 1. The number of hydrazone groups is 1. The fourth-order valence-electron chi connectivity index (χ4n) is 1.86. The summed E-state index contributed by atoms with van der Waals surface area (Å²) in [6.45, 7) is 4.00. The molecule has 7 heteroatoms. The molecule has 3 N–H and O–H groups in total. The molecule has 0 saturated carbocycles. The molecular formula is C17H15Br2N3O2. The van der Waals surface area contributed by atoms with E-state index >= 15 is 0 Å². The summed E-state index contributed by atoms with van der Waals surface area (Å²) in [6, 6.07) is 10.8. The van der Waals surface area contributed by atoms with Gasteiger partial charge in [0.1, 0.15) is 12.4 Å². The Morgan fingerprint density at radius 2 is 2.08 bits per heavy atom. The van der Waals surface area contributed by atoms with Gasteiger partial charge in [-0.05, 0) is 40.2 Å². The summed E-state index contributed by atoms with van der Waals surface area (Å²) in [5, 5.41) is 3.97. The van der Waals surface area contributed by atoms with Crippen LogP contribution in [0.1, 0.15) is 15.9 Å². The molecule has 124 valence electrons. The maximum Gasteiger partial charge on any atom is 0.273 e. The molecule has 2 aromatic rings. The van der Waals surface area contributed by atoms with Gasteiger partial charge in [-0.2, -0.15) is 5.10 Å². The van der Waals surface area contributed by atoms with Crippen molar-refractivity contribution in [1.29, 1.82) is 0 Å². The molecule has 0 aromatic heterocycles. The number of amides is 1. The fourth-order valence-corrected chi connectivity index (χ4v) is 3.09. The van der Waals surface area contributed by atoms with Crippen molar-refractivity contribution in [3.63, 3.8) is 0 Å². The Hall–Kier alpha value is -2.12. The van der Waals surface area contributed by atoms with E-state index in [2.05, 4.69) is 49.0 Å². The van der Waals surface area contributed by atoms with Crippen molar-refractivity contribution in [2.45, 2.75) is 0 Å². The van der Waals surface area contributed by atoms with Crippen molar-refractivity contribution in [2.24, 2.45) is 5.10 Å². The molecule has 2 aromatic carbocycles. The van der Waals surface area contributed by atoms with E-state index in [1.54, 1.807) is 18.2 Å². The van der Waals surface area contributed by atoms with E-state index in [1.165, 1.54) is 6.21 Å². The molecule has 0 saturated heterocycles. The highest BCUT2D eigenvalue weighted by Gasteiger charge is 2.12. The lowest BCUT2D eigenvalue weighted by atomic mass is 10.2. The first-order valence-corrected chi connectivity index (χ1v) is 8.52. The van der Waals surface area contributed by atoms with Crippen LogP contribution < -0.4 is 15.9 Å². The van der Waals surface area contributed by atoms with Crippen molar-refractivity contribution in [2.75, 3.05) is 12.3 Å². The highest BCUT2D eigenvalue weighted by molar-refractivity contribution is 9.11. The van der Waals surface area contributed by atoms with E-state index in [0.717, 1.165) is 10.0 Å². The van der Waals surface area contributed by atoms with Crippen LogP contribution in [0.15, 0.2) is 63.1 Å². The van der Waals surface area contributed by atoms with E-state index in [0.29, 0.717) is 28.1 Å². The number of hydrogen-bond donors (Lipinski definition) is 2. The molecule has 5 nitrogen and oxygen atoms in total. The molecule has 0 unspecified atom stereocenters. The van der Waals surface area contributed by atoms with Crippen LogP contribution in [0.2, 0.25) is 0 Å². The zero-order chi connectivity index (χ0) is 17.5. The summed E-state index contributed by atoms with van der Waals surface area (Å²) in [7, 11) is 0. The highest BCUT2D eigenvalue weighted by atomic mass is 79.9. The van der Waals surface area contributed by atoms with E-state index in [-0.39, 0.29) is 0 Å². The van der Waals surface area contributed by atoms with Crippen LogP contribution >= 0.6 is 31.9 Å². The smallest absolute Gasteiger partial charge is 0.273 e. The first-order chi connectivity index (χ1) is 11.5. The maximum atomic E-state index is 12.2. The van der Waals surface area contributed by atoms with Gasteiger partial charge in [0.2, 0.25) is 0 Å². The summed E-state index contributed by atoms with van der Waals surface area (Å²) in [6.07, 6.45) is 3.17. The minimum absolute atomic E-state index is 0.324. The number of nitrogens with zero attached hydrogens (tertiary/aromatic N) is 1. The third-order valence-electron chi connectivity index (χ3n) is 2.98. The Labute approximate surface area is 156 Å². The number of hydrogen-bond acceptors (Lipinski definition) is 4. The van der Waals surface area contributed by atoms with Crippen LogP contribution in [-0.2, 0) is 0 Å². The third kappa shape index (κ3) is 4.69. The lowest BCUT2D eigenvalue weighted by molar-refractivity contribution is 0.0956. The second-order valence-corrected chi connectivity index (χ2v) is 6.46. The molecule has 0 radical (unpaired) electrons. The first kappa shape index (κ1) is 18.2. The SMILES string of the molecule is C=CCOc1ccccc1/C=N/NC(=O)c1cc(Br)cc(Br)c1N. The molecule has 1 amide bonds. The minimum Gasteiger partial charge on any atom is -0.489 e. The molecule has 0 bridgehead atoms. The number of carbonyl (C=O) groups excluding carboxylic acids is 1. The van der Waals surface area contributed by atoms with E-state index in [1.807, 2.05) is 24.3 Å². The molecule has 24 heavy (non-hydrogen) atoms. The molecule has 0 heterocycles. The molecule has 0 aliphatic rings. The molecular weight excluding hydrogens is 438 g/mol. The van der Waals surface area contributed by atoms with Gasteiger partial charge in [0, 0.05) is 14.5 Å². The molecule has 2 rings (SSSR count). The molecule has 0 aliphatic heterocycles. The molecule has 0 aliphatic carbocycles. The average molecular weight is 453 g/mol. The van der Waals surface area contributed by atoms with Gasteiger partial charge in [-0.25, -0.2) is 5.43 Å². The summed E-state index contributed by atoms with van der Waals surface area (Å²) in [5.74, 6) is 0.246. The summed E-state index contributed by atoms with van der Waals surface area (Å²) >= 11 is 6.63. The van der Waals surface area contributed by atoms with Crippen molar-refractivity contribution >= 4 is 49.7 Å². The minimum atomic E-state index is -0.407. The fraction of sp³-hybridized carbons (Fsp3) is 0.0588. The van der Waals surface area contributed by atoms with Crippen LogP contribution in [0.25, 0.3) is 0 Å². The standard InChI is InChI=1S/C17H15Br2N3O2/c1-2-7-24-15-6-4-3-5-11(15)10-21-22-17(23)13-8-12(18)9-14(19)16(13)20/h2-6,8-10H,1,7,20H2,(H,22,23)/b21-10+. The predicted molar refractivity (Wildman–Crippen MR) is 103 cm³/mol. The maximum absolute atomic E-state index is 12.2. The van der Waals surface area contributed by atoms with E-state index < -0.39 is 5.91 Å². The number of halogens is 2. The van der Waals surface area contributed by atoms with Crippen molar-refractivity contribution in [3.8, 4) is 5.75 Å². The van der Waals surface area contributed by atoms with Gasteiger partial charge in [-0.1, -0.05) is 40.7 Å². The zero-order valence-electron chi connectivity index (χ0n) is 12.6. The van der Waals surface area contributed by atoms with E-state index in [4.69, 9.17) is 10.5 Å².